The van der Waals surface area contributed by atoms with E-state index in [1.165, 1.54) is 12.1 Å². The van der Waals surface area contributed by atoms with Crippen LogP contribution in [0.3, 0.4) is 0 Å². The van der Waals surface area contributed by atoms with Crippen molar-refractivity contribution in [2.24, 2.45) is 5.92 Å². The van der Waals surface area contributed by atoms with E-state index in [1.807, 2.05) is 0 Å². The molecular weight excluding hydrogens is 215 g/mol. The van der Waals surface area contributed by atoms with E-state index in [2.05, 4.69) is 0 Å². The van der Waals surface area contributed by atoms with Crippen molar-refractivity contribution in [1.82, 2.24) is 0 Å². The molecule has 0 amide bonds. The van der Waals surface area contributed by atoms with Crippen LogP contribution in [0.4, 0.5) is 4.39 Å². The lowest BCUT2D eigenvalue weighted by atomic mass is 10.2. The summed E-state index contributed by atoms with van der Waals surface area (Å²) < 4.78 is 36.6. The largest absolute Gasteiger partial charge is 0.232 e. The lowest BCUT2D eigenvalue weighted by Crippen LogP contribution is -2.02. The van der Waals surface area contributed by atoms with E-state index >= 15 is 0 Å². The van der Waals surface area contributed by atoms with E-state index in [9.17, 15) is 12.8 Å². The summed E-state index contributed by atoms with van der Waals surface area (Å²) in [6.07, 6.45) is 1.10. The van der Waals surface area contributed by atoms with Crippen LogP contribution in [-0.4, -0.2) is 8.42 Å². The highest BCUT2D eigenvalue weighted by Crippen LogP contribution is 2.20. The van der Waals surface area contributed by atoms with Gasteiger partial charge in [0, 0.05) is 0 Å². The predicted octanol–water partition coefficient (Wildman–Crippen LogP) is 2.93. The molecule has 4 heteroatoms. The Morgan fingerprint density at radius 2 is 1.80 bits per heavy atom. The van der Waals surface area contributed by atoms with Crippen molar-refractivity contribution >= 4 is 9.84 Å². The van der Waals surface area contributed by atoms with Crippen LogP contribution in [-0.2, 0) is 9.84 Å². The fraction of sp³-hybridized carbons (Fsp3) is 0.273. The van der Waals surface area contributed by atoms with Gasteiger partial charge in [0.1, 0.15) is 0 Å². The second kappa shape index (κ2) is 4.57. The van der Waals surface area contributed by atoms with Gasteiger partial charge in [-0.15, -0.1) is 0 Å². The minimum atomic E-state index is -3.94. The van der Waals surface area contributed by atoms with Crippen LogP contribution >= 0.6 is 0 Å². The Morgan fingerprint density at radius 1 is 1.27 bits per heavy atom. The smallest absolute Gasteiger partial charge is 0.216 e. The first-order valence-electron chi connectivity index (χ1n) is 4.62. The Hall–Kier alpha value is -1.16. The first-order chi connectivity index (χ1) is 6.94. The van der Waals surface area contributed by atoms with Gasteiger partial charge in [-0.1, -0.05) is 32.0 Å². The summed E-state index contributed by atoms with van der Waals surface area (Å²) >= 11 is 0. The standard InChI is InChI=1S/C11H13FO2S/c1-9(2)8-11(12)15(13,14)10-6-4-3-5-7-10/h3-9H,1-2H3/b11-8+. The van der Waals surface area contributed by atoms with Crippen LogP contribution in [0.1, 0.15) is 13.8 Å². The average Bonchev–Trinajstić information content (AvgIpc) is 2.18. The molecular formula is C11H13FO2S. The lowest BCUT2D eigenvalue weighted by molar-refractivity contribution is 0.573. The first kappa shape index (κ1) is 11.9. The van der Waals surface area contributed by atoms with Gasteiger partial charge in [0.25, 0.3) is 0 Å². The van der Waals surface area contributed by atoms with Gasteiger partial charge in [0.2, 0.25) is 15.0 Å². The molecule has 0 aliphatic heterocycles. The Morgan fingerprint density at radius 3 is 2.27 bits per heavy atom. The Kier molecular flexibility index (Phi) is 3.63. The van der Waals surface area contributed by atoms with Gasteiger partial charge in [-0.05, 0) is 24.1 Å². The van der Waals surface area contributed by atoms with Gasteiger partial charge in [-0.2, -0.15) is 4.39 Å². The lowest BCUT2D eigenvalue weighted by Gasteiger charge is -2.02. The van der Waals surface area contributed by atoms with E-state index in [1.54, 1.807) is 32.0 Å². The molecule has 0 fully saturated rings. The number of allylic oxidation sites excluding steroid dienone is 1. The fourth-order valence-electron chi connectivity index (χ4n) is 1.06. The van der Waals surface area contributed by atoms with Crippen molar-refractivity contribution in [2.75, 3.05) is 0 Å². The van der Waals surface area contributed by atoms with E-state index in [0.717, 1.165) is 6.08 Å². The molecule has 0 N–H and O–H groups in total. The summed E-state index contributed by atoms with van der Waals surface area (Å²) in [6.45, 7) is 3.44. The number of hydrogen-bond donors (Lipinski definition) is 0. The molecule has 0 spiro atoms. The summed E-state index contributed by atoms with van der Waals surface area (Å²) in [7, 11) is -3.94. The molecule has 0 aliphatic rings. The zero-order valence-electron chi connectivity index (χ0n) is 8.64. The molecule has 0 heterocycles. The molecule has 2 nitrogen and oxygen atoms in total. The summed E-state index contributed by atoms with van der Waals surface area (Å²) in [5.41, 5.74) is 0. The monoisotopic (exact) mass is 228 g/mol. The van der Waals surface area contributed by atoms with Crippen molar-refractivity contribution in [3.8, 4) is 0 Å². The molecule has 0 saturated heterocycles. The zero-order chi connectivity index (χ0) is 11.5. The molecule has 82 valence electrons. The third kappa shape index (κ3) is 2.89. The average molecular weight is 228 g/mol. The van der Waals surface area contributed by atoms with E-state index in [4.69, 9.17) is 0 Å². The number of sulfone groups is 1. The van der Waals surface area contributed by atoms with Gasteiger partial charge in [0.05, 0.1) is 4.90 Å². The Bertz CT molecular complexity index is 447. The van der Waals surface area contributed by atoms with Gasteiger partial charge in [0.15, 0.2) is 0 Å². The van der Waals surface area contributed by atoms with Gasteiger partial charge in [-0.3, -0.25) is 0 Å². The first-order valence-corrected chi connectivity index (χ1v) is 6.10. The molecule has 0 bridgehead atoms. The summed E-state index contributed by atoms with van der Waals surface area (Å²) in [5.74, 6) is -0.136. The molecule has 0 saturated carbocycles. The highest BCUT2D eigenvalue weighted by Gasteiger charge is 2.20. The number of halogens is 1. The normalized spacial score (nSPS) is 13.2. The maximum absolute atomic E-state index is 13.4. The van der Waals surface area contributed by atoms with Crippen LogP contribution in [0, 0.1) is 5.92 Å². The molecule has 1 aromatic rings. The van der Waals surface area contributed by atoms with E-state index < -0.39 is 15.0 Å². The van der Waals surface area contributed by atoms with Crippen molar-refractivity contribution in [3.05, 3.63) is 41.6 Å². The topological polar surface area (TPSA) is 34.1 Å². The second-order valence-corrected chi connectivity index (χ2v) is 5.40. The molecule has 1 rings (SSSR count). The maximum Gasteiger partial charge on any atom is 0.232 e. The quantitative estimate of drug-likeness (QED) is 0.797. The van der Waals surface area contributed by atoms with Gasteiger partial charge >= 0.3 is 0 Å². The second-order valence-electron chi connectivity index (χ2n) is 3.53. The van der Waals surface area contributed by atoms with E-state index in [-0.39, 0.29) is 10.8 Å². The van der Waals surface area contributed by atoms with Crippen LogP contribution in [0.25, 0.3) is 0 Å². The summed E-state index contributed by atoms with van der Waals surface area (Å²) in [6, 6.07) is 7.57. The van der Waals surface area contributed by atoms with Crippen molar-refractivity contribution in [1.29, 1.82) is 0 Å². The Balaban J connectivity index is 3.16. The third-order valence-electron chi connectivity index (χ3n) is 1.77. The molecule has 15 heavy (non-hydrogen) atoms. The number of rotatable bonds is 3. The minimum absolute atomic E-state index is 0.0144. The van der Waals surface area contributed by atoms with Gasteiger partial charge in [-0.25, -0.2) is 8.42 Å². The van der Waals surface area contributed by atoms with Crippen molar-refractivity contribution in [2.45, 2.75) is 18.7 Å². The van der Waals surface area contributed by atoms with Gasteiger partial charge < -0.3 is 0 Å². The summed E-state index contributed by atoms with van der Waals surface area (Å²) in [4.78, 5) is -0.0144. The van der Waals surface area contributed by atoms with E-state index in [0.29, 0.717) is 0 Å². The number of hydrogen-bond acceptors (Lipinski definition) is 2. The minimum Gasteiger partial charge on any atom is -0.216 e. The third-order valence-corrected chi connectivity index (χ3v) is 3.32. The fourth-order valence-corrected chi connectivity index (χ4v) is 2.26. The van der Waals surface area contributed by atoms with Crippen LogP contribution in [0.15, 0.2) is 46.5 Å². The molecule has 0 atom stereocenters. The highest BCUT2D eigenvalue weighted by molar-refractivity contribution is 7.95. The molecule has 0 radical (unpaired) electrons. The zero-order valence-corrected chi connectivity index (χ0v) is 9.46. The molecule has 1 aromatic carbocycles. The van der Waals surface area contributed by atoms with Crippen molar-refractivity contribution < 1.29 is 12.8 Å². The SMILES string of the molecule is CC(C)/C=C(\F)S(=O)(=O)c1ccccc1. The van der Waals surface area contributed by atoms with Crippen LogP contribution in [0.5, 0.6) is 0 Å². The molecule has 0 aromatic heterocycles. The molecule has 0 aliphatic carbocycles. The summed E-state index contributed by atoms with van der Waals surface area (Å²) in [5, 5.41) is -1.08. The molecule has 0 unspecified atom stereocenters. The Labute approximate surface area is 89.4 Å². The number of benzene rings is 1. The van der Waals surface area contributed by atoms with Crippen LogP contribution < -0.4 is 0 Å². The maximum atomic E-state index is 13.4. The van der Waals surface area contributed by atoms with Crippen LogP contribution in [0.2, 0.25) is 0 Å². The highest BCUT2D eigenvalue weighted by atomic mass is 32.2. The predicted molar refractivity (Wildman–Crippen MR) is 57.7 cm³/mol. The van der Waals surface area contributed by atoms with Crippen molar-refractivity contribution in [3.63, 3.8) is 0 Å².